The highest BCUT2D eigenvalue weighted by atomic mass is 16.5. The summed E-state index contributed by atoms with van der Waals surface area (Å²) in [6.07, 6.45) is 5.26. The van der Waals surface area contributed by atoms with Crippen LogP contribution in [0.25, 0.3) is 0 Å². The second-order valence-electron chi connectivity index (χ2n) is 6.93. The number of carbonyl (C=O) groups excluding carboxylic acids is 1. The van der Waals surface area contributed by atoms with Crippen molar-refractivity contribution in [1.29, 1.82) is 0 Å². The van der Waals surface area contributed by atoms with E-state index in [4.69, 9.17) is 4.74 Å². The Morgan fingerprint density at radius 3 is 2.52 bits per heavy atom. The third kappa shape index (κ3) is 5.54. The summed E-state index contributed by atoms with van der Waals surface area (Å²) >= 11 is 0. The van der Waals surface area contributed by atoms with Crippen LogP contribution in [-0.2, 0) is 6.61 Å². The summed E-state index contributed by atoms with van der Waals surface area (Å²) in [7, 11) is 1.77. The first-order valence-electron chi connectivity index (χ1n) is 9.60. The zero-order chi connectivity index (χ0) is 20.6. The van der Waals surface area contributed by atoms with Crippen LogP contribution < -0.4 is 10.1 Å². The maximum absolute atomic E-state index is 12.6. The van der Waals surface area contributed by atoms with Gasteiger partial charge in [-0.3, -0.25) is 9.97 Å². The lowest BCUT2D eigenvalue weighted by Crippen LogP contribution is -2.40. The van der Waals surface area contributed by atoms with E-state index in [1.54, 1.807) is 30.5 Å². The van der Waals surface area contributed by atoms with Gasteiger partial charge in [-0.25, -0.2) is 4.79 Å². The minimum atomic E-state index is -0.146. The lowest BCUT2D eigenvalue weighted by atomic mass is 10.1. The summed E-state index contributed by atoms with van der Waals surface area (Å²) in [5.74, 6) is 0.775. The maximum atomic E-state index is 12.6. The van der Waals surface area contributed by atoms with Crippen LogP contribution in [0, 0.1) is 0 Å². The second-order valence-corrected chi connectivity index (χ2v) is 6.93. The molecule has 1 aromatic carbocycles. The van der Waals surface area contributed by atoms with Gasteiger partial charge in [0.1, 0.15) is 12.4 Å². The highest BCUT2D eigenvalue weighted by Gasteiger charge is 2.20. The molecule has 0 aliphatic rings. The van der Waals surface area contributed by atoms with Gasteiger partial charge in [-0.2, -0.15) is 0 Å². The van der Waals surface area contributed by atoms with Gasteiger partial charge >= 0.3 is 6.03 Å². The summed E-state index contributed by atoms with van der Waals surface area (Å²) in [6.45, 7) is 4.39. The van der Waals surface area contributed by atoms with Gasteiger partial charge in [0.15, 0.2) is 0 Å². The number of urea groups is 1. The summed E-state index contributed by atoms with van der Waals surface area (Å²) in [5, 5.41) is 3.03. The van der Waals surface area contributed by atoms with E-state index in [9.17, 15) is 4.79 Å². The number of hydrogen-bond acceptors (Lipinski definition) is 4. The molecule has 6 heteroatoms. The molecule has 3 aromatic rings. The SMILES string of the molecule is CC(NC(=O)N(C)C(C)c1ccccn1)c1ccc(OCc2cccnc2)cc1. The smallest absolute Gasteiger partial charge is 0.318 e. The third-order valence-electron chi connectivity index (χ3n) is 4.87. The summed E-state index contributed by atoms with van der Waals surface area (Å²) < 4.78 is 5.78. The van der Waals surface area contributed by atoms with Crippen molar-refractivity contribution >= 4 is 6.03 Å². The third-order valence-corrected chi connectivity index (χ3v) is 4.87. The number of rotatable bonds is 7. The monoisotopic (exact) mass is 390 g/mol. The Balaban J connectivity index is 1.54. The first-order chi connectivity index (χ1) is 14.0. The van der Waals surface area contributed by atoms with Crippen LogP contribution >= 0.6 is 0 Å². The molecule has 2 amide bonds. The fourth-order valence-corrected chi connectivity index (χ4v) is 2.87. The molecule has 150 valence electrons. The fraction of sp³-hybridized carbons (Fsp3) is 0.261. The highest BCUT2D eigenvalue weighted by Crippen LogP contribution is 2.20. The number of nitrogens with one attached hydrogen (secondary N) is 1. The van der Waals surface area contributed by atoms with Crippen molar-refractivity contribution in [1.82, 2.24) is 20.2 Å². The Hall–Kier alpha value is -3.41. The van der Waals surface area contributed by atoms with Crippen molar-refractivity contribution in [2.75, 3.05) is 7.05 Å². The van der Waals surface area contributed by atoms with Gasteiger partial charge < -0.3 is 15.0 Å². The molecule has 2 unspecified atom stereocenters. The fourth-order valence-electron chi connectivity index (χ4n) is 2.87. The molecule has 2 atom stereocenters. The molecule has 2 aromatic heterocycles. The van der Waals surface area contributed by atoms with Crippen molar-refractivity contribution in [3.8, 4) is 5.75 Å². The van der Waals surface area contributed by atoms with Crippen molar-refractivity contribution in [3.05, 3.63) is 90.0 Å². The van der Waals surface area contributed by atoms with E-state index in [1.807, 2.05) is 68.4 Å². The van der Waals surface area contributed by atoms with Gasteiger partial charge in [-0.05, 0) is 49.7 Å². The summed E-state index contributed by atoms with van der Waals surface area (Å²) in [5.41, 5.74) is 2.88. The predicted octanol–water partition coefficient (Wildman–Crippen LogP) is 4.52. The summed E-state index contributed by atoms with van der Waals surface area (Å²) in [4.78, 5) is 22.7. The van der Waals surface area contributed by atoms with E-state index in [0.29, 0.717) is 6.61 Å². The number of aromatic nitrogens is 2. The standard InChI is InChI=1S/C23H26N4O2/c1-17(26-23(28)27(3)18(2)22-8-4-5-14-25-22)20-9-11-21(12-10-20)29-16-19-7-6-13-24-15-19/h4-15,17-18H,16H2,1-3H3,(H,26,28). The van der Waals surface area contributed by atoms with Crippen LogP contribution in [0.1, 0.15) is 42.8 Å². The molecule has 0 fully saturated rings. The van der Waals surface area contributed by atoms with Gasteiger partial charge in [0.05, 0.1) is 17.8 Å². The number of pyridine rings is 2. The maximum Gasteiger partial charge on any atom is 0.318 e. The van der Waals surface area contributed by atoms with Gasteiger partial charge in [-0.1, -0.05) is 24.3 Å². The molecule has 0 spiro atoms. The predicted molar refractivity (Wildman–Crippen MR) is 112 cm³/mol. The largest absolute Gasteiger partial charge is 0.489 e. The van der Waals surface area contributed by atoms with Gasteiger partial charge in [0.25, 0.3) is 0 Å². The molecule has 6 nitrogen and oxygen atoms in total. The topological polar surface area (TPSA) is 67.4 Å². The molecule has 29 heavy (non-hydrogen) atoms. The Morgan fingerprint density at radius 1 is 1.07 bits per heavy atom. The number of hydrogen-bond donors (Lipinski definition) is 1. The van der Waals surface area contributed by atoms with Crippen molar-refractivity contribution in [2.45, 2.75) is 32.5 Å². The normalized spacial score (nSPS) is 12.7. The summed E-state index contributed by atoms with van der Waals surface area (Å²) in [6, 6.07) is 16.9. The van der Waals surface area contributed by atoms with Crippen LogP contribution in [0.3, 0.4) is 0 Å². The van der Waals surface area contributed by atoms with Gasteiger partial charge in [0.2, 0.25) is 0 Å². The number of carbonyl (C=O) groups is 1. The van der Waals surface area contributed by atoms with Crippen molar-refractivity contribution in [2.24, 2.45) is 0 Å². The van der Waals surface area contributed by atoms with Crippen molar-refractivity contribution < 1.29 is 9.53 Å². The van der Waals surface area contributed by atoms with E-state index >= 15 is 0 Å². The Kier molecular flexibility index (Phi) is 6.79. The quantitative estimate of drug-likeness (QED) is 0.644. The molecule has 0 aliphatic carbocycles. The molecule has 0 bridgehead atoms. The number of amides is 2. The molecular formula is C23H26N4O2. The zero-order valence-corrected chi connectivity index (χ0v) is 16.9. The molecule has 0 aliphatic heterocycles. The van der Waals surface area contributed by atoms with E-state index in [0.717, 1.165) is 22.6 Å². The highest BCUT2D eigenvalue weighted by molar-refractivity contribution is 5.74. The Morgan fingerprint density at radius 2 is 1.86 bits per heavy atom. The first kappa shape index (κ1) is 20.3. The molecule has 3 rings (SSSR count). The van der Waals surface area contributed by atoms with Gasteiger partial charge in [-0.15, -0.1) is 0 Å². The average Bonchev–Trinajstić information content (AvgIpc) is 2.78. The van der Waals surface area contributed by atoms with Gasteiger partial charge in [0, 0.05) is 31.2 Å². The van der Waals surface area contributed by atoms with Crippen LogP contribution in [0.4, 0.5) is 4.79 Å². The average molecular weight is 390 g/mol. The molecule has 1 N–H and O–H groups in total. The Bertz CT molecular complexity index is 901. The lowest BCUT2D eigenvalue weighted by molar-refractivity contribution is 0.190. The molecule has 2 heterocycles. The second kappa shape index (κ2) is 9.68. The molecule has 0 saturated heterocycles. The molecule has 0 saturated carbocycles. The van der Waals surface area contributed by atoms with Crippen LogP contribution in [0.15, 0.2) is 73.2 Å². The van der Waals surface area contributed by atoms with Crippen LogP contribution in [0.2, 0.25) is 0 Å². The van der Waals surface area contributed by atoms with E-state index in [-0.39, 0.29) is 18.1 Å². The number of benzene rings is 1. The minimum Gasteiger partial charge on any atom is -0.489 e. The molecular weight excluding hydrogens is 364 g/mol. The number of ether oxygens (including phenoxy) is 1. The van der Waals surface area contributed by atoms with Crippen LogP contribution in [-0.4, -0.2) is 27.9 Å². The molecule has 0 radical (unpaired) electrons. The van der Waals surface area contributed by atoms with E-state index < -0.39 is 0 Å². The number of nitrogens with zero attached hydrogens (tertiary/aromatic N) is 3. The lowest BCUT2D eigenvalue weighted by Gasteiger charge is -2.26. The van der Waals surface area contributed by atoms with Crippen molar-refractivity contribution in [3.63, 3.8) is 0 Å². The zero-order valence-electron chi connectivity index (χ0n) is 16.9. The first-order valence-corrected chi connectivity index (χ1v) is 9.60. The van der Waals surface area contributed by atoms with Crippen LogP contribution in [0.5, 0.6) is 5.75 Å². The Labute approximate surface area is 171 Å². The van der Waals surface area contributed by atoms with E-state index in [2.05, 4.69) is 15.3 Å². The van der Waals surface area contributed by atoms with E-state index in [1.165, 1.54) is 0 Å². The minimum absolute atomic E-state index is 0.119.